The molecule has 32 heavy (non-hydrogen) atoms. The molecule has 3 aromatic rings. The van der Waals surface area contributed by atoms with E-state index in [1.165, 1.54) is 18.2 Å². The Labute approximate surface area is 188 Å². The largest absolute Gasteiger partial charge is 0.494 e. The first kappa shape index (κ1) is 23.1. The highest BCUT2D eigenvalue weighted by Crippen LogP contribution is 2.20. The fourth-order valence-corrected chi connectivity index (χ4v) is 4.01. The van der Waals surface area contributed by atoms with Crippen LogP contribution in [-0.4, -0.2) is 40.0 Å². The SMILES string of the molecule is CCOc1ccc(NS(=O)(=O)c2cccc(C(=O)NCc3ccnc(N(C)C)c3)c2)cc1. The van der Waals surface area contributed by atoms with Crippen molar-refractivity contribution in [2.75, 3.05) is 30.3 Å². The van der Waals surface area contributed by atoms with Gasteiger partial charge in [-0.1, -0.05) is 6.07 Å². The Morgan fingerprint density at radius 2 is 1.81 bits per heavy atom. The lowest BCUT2D eigenvalue weighted by molar-refractivity contribution is 0.0950. The Bertz CT molecular complexity index is 1180. The number of aromatic nitrogens is 1. The Balaban J connectivity index is 1.69. The molecule has 0 aliphatic rings. The summed E-state index contributed by atoms with van der Waals surface area (Å²) in [6.07, 6.45) is 1.68. The first-order chi connectivity index (χ1) is 15.3. The van der Waals surface area contributed by atoms with Gasteiger partial charge in [0.2, 0.25) is 0 Å². The summed E-state index contributed by atoms with van der Waals surface area (Å²) in [4.78, 5) is 18.7. The molecule has 0 saturated heterocycles. The number of sulfonamides is 1. The molecular weight excluding hydrogens is 428 g/mol. The summed E-state index contributed by atoms with van der Waals surface area (Å²) in [5.74, 6) is 1.07. The Hall–Kier alpha value is -3.59. The van der Waals surface area contributed by atoms with Crippen molar-refractivity contribution in [3.63, 3.8) is 0 Å². The van der Waals surface area contributed by atoms with Crippen molar-refractivity contribution < 1.29 is 17.9 Å². The van der Waals surface area contributed by atoms with Crippen LogP contribution in [0.3, 0.4) is 0 Å². The Kier molecular flexibility index (Phi) is 7.32. The smallest absolute Gasteiger partial charge is 0.261 e. The van der Waals surface area contributed by atoms with Crippen molar-refractivity contribution in [2.24, 2.45) is 0 Å². The Morgan fingerprint density at radius 1 is 1.06 bits per heavy atom. The van der Waals surface area contributed by atoms with Gasteiger partial charge in [-0.15, -0.1) is 0 Å². The van der Waals surface area contributed by atoms with Crippen molar-refractivity contribution >= 4 is 27.4 Å². The molecule has 0 spiro atoms. The number of carbonyl (C=O) groups excluding carboxylic acids is 1. The number of nitrogens with zero attached hydrogens (tertiary/aromatic N) is 2. The van der Waals surface area contributed by atoms with E-state index in [0.29, 0.717) is 24.6 Å². The van der Waals surface area contributed by atoms with Gasteiger partial charge in [0.25, 0.3) is 15.9 Å². The lowest BCUT2D eigenvalue weighted by Crippen LogP contribution is -2.23. The van der Waals surface area contributed by atoms with Gasteiger partial charge in [0.15, 0.2) is 0 Å². The van der Waals surface area contributed by atoms with Crippen LogP contribution in [-0.2, 0) is 16.6 Å². The number of nitrogens with one attached hydrogen (secondary N) is 2. The molecular formula is C23H26N4O4S. The molecule has 2 aromatic carbocycles. The summed E-state index contributed by atoms with van der Waals surface area (Å²) in [6.45, 7) is 2.69. The van der Waals surface area contributed by atoms with Gasteiger partial charge >= 0.3 is 0 Å². The van der Waals surface area contributed by atoms with Crippen LogP contribution in [0.4, 0.5) is 11.5 Å². The van der Waals surface area contributed by atoms with Crippen LogP contribution in [0.15, 0.2) is 71.8 Å². The zero-order chi connectivity index (χ0) is 23.1. The van der Waals surface area contributed by atoms with E-state index in [9.17, 15) is 13.2 Å². The second-order valence-corrected chi connectivity index (χ2v) is 8.87. The van der Waals surface area contributed by atoms with E-state index >= 15 is 0 Å². The summed E-state index contributed by atoms with van der Waals surface area (Å²) in [5, 5.41) is 2.81. The molecule has 3 rings (SSSR count). The van der Waals surface area contributed by atoms with Crippen LogP contribution in [0.2, 0.25) is 0 Å². The molecule has 0 atom stereocenters. The summed E-state index contributed by atoms with van der Waals surface area (Å²) in [5.41, 5.74) is 1.54. The molecule has 0 radical (unpaired) electrons. The lowest BCUT2D eigenvalue weighted by atomic mass is 10.2. The summed E-state index contributed by atoms with van der Waals surface area (Å²) < 4.78 is 33.4. The van der Waals surface area contributed by atoms with Gasteiger partial charge in [0.05, 0.1) is 11.5 Å². The molecule has 0 unspecified atom stereocenters. The number of benzene rings is 2. The number of anilines is 2. The quantitative estimate of drug-likeness (QED) is 0.515. The molecule has 1 heterocycles. The standard InChI is InChI=1S/C23H26N4O4S/c1-4-31-20-10-8-19(9-11-20)26-32(29,30)21-7-5-6-18(15-21)23(28)25-16-17-12-13-24-22(14-17)27(2)3/h5-15,26H,4,16H2,1-3H3,(H,25,28). The van der Waals surface area contributed by atoms with Gasteiger partial charge in [-0.05, 0) is 67.1 Å². The maximum atomic E-state index is 12.8. The van der Waals surface area contributed by atoms with E-state index in [1.807, 2.05) is 38.1 Å². The molecule has 0 aliphatic carbocycles. The van der Waals surface area contributed by atoms with Crippen molar-refractivity contribution in [1.29, 1.82) is 0 Å². The third kappa shape index (κ3) is 5.98. The fraction of sp³-hybridized carbons (Fsp3) is 0.217. The molecule has 0 saturated carbocycles. The highest BCUT2D eigenvalue weighted by molar-refractivity contribution is 7.92. The third-order valence-electron chi connectivity index (χ3n) is 4.55. The topological polar surface area (TPSA) is 101 Å². The Morgan fingerprint density at radius 3 is 2.50 bits per heavy atom. The van der Waals surface area contributed by atoms with Gasteiger partial charge in [0.1, 0.15) is 11.6 Å². The van der Waals surface area contributed by atoms with E-state index < -0.39 is 10.0 Å². The van der Waals surface area contributed by atoms with Crippen molar-refractivity contribution in [3.05, 3.63) is 78.0 Å². The number of hydrogen-bond donors (Lipinski definition) is 2. The van der Waals surface area contributed by atoms with Crippen molar-refractivity contribution in [1.82, 2.24) is 10.3 Å². The predicted octanol–water partition coefficient (Wildman–Crippen LogP) is 3.28. The normalized spacial score (nSPS) is 11.0. The molecule has 168 valence electrons. The minimum absolute atomic E-state index is 0.00200. The van der Waals surface area contributed by atoms with Gasteiger partial charge in [0, 0.05) is 38.1 Å². The number of hydrogen-bond acceptors (Lipinski definition) is 6. The summed E-state index contributed by atoms with van der Waals surface area (Å²) in [7, 11) is -0.0875. The molecule has 0 bridgehead atoms. The zero-order valence-corrected chi connectivity index (χ0v) is 19.0. The maximum Gasteiger partial charge on any atom is 0.261 e. The lowest BCUT2D eigenvalue weighted by Gasteiger charge is -2.13. The van der Waals surface area contributed by atoms with Crippen LogP contribution in [0.1, 0.15) is 22.8 Å². The van der Waals surface area contributed by atoms with E-state index in [4.69, 9.17) is 4.74 Å². The average molecular weight is 455 g/mol. The third-order valence-corrected chi connectivity index (χ3v) is 5.92. The van der Waals surface area contributed by atoms with Gasteiger partial charge in [-0.2, -0.15) is 0 Å². The highest BCUT2D eigenvalue weighted by Gasteiger charge is 2.17. The van der Waals surface area contributed by atoms with Gasteiger partial charge in [-0.3, -0.25) is 9.52 Å². The highest BCUT2D eigenvalue weighted by atomic mass is 32.2. The minimum Gasteiger partial charge on any atom is -0.494 e. The second kappa shape index (κ2) is 10.1. The number of carbonyl (C=O) groups is 1. The number of ether oxygens (including phenoxy) is 1. The van der Waals surface area contributed by atoms with Crippen molar-refractivity contribution in [2.45, 2.75) is 18.4 Å². The van der Waals surface area contributed by atoms with Crippen LogP contribution >= 0.6 is 0 Å². The summed E-state index contributed by atoms with van der Waals surface area (Å²) >= 11 is 0. The molecule has 0 fully saturated rings. The van der Waals surface area contributed by atoms with E-state index in [1.54, 1.807) is 36.5 Å². The van der Waals surface area contributed by atoms with Crippen molar-refractivity contribution in [3.8, 4) is 5.75 Å². The maximum absolute atomic E-state index is 12.8. The molecule has 2 N–H and O–H groups in total. The van der Waals surface area contributed by atoms with Crippen LogP contribution < -0.4 is 19.7 Å². The first-order valence-corrected chi connectivity index (χ1v) is 11.5. The average Bonchev–Trinajstić information content (AvgIpc) is 2.79. The molecule has 9 heteroatoms. The van der Waals surface area contributed by atoms with Gasteiger partial charge in [-0.25, -0.2) is 13.4 Å². The zero-order valence-electron chi connectivity index (χ0n) is 18.2. The summed E-state index contributed by atoms with van der Waals surface area (Å²) in [6, 6.07) is 16.2. The van der Waals surface area contributed by atoms with Crippen LogP contribution in [0, 0.1) is 0 Å². The van der Waals surface area contributed by atoms with E-state index in [0.717, 1.165) is 11.4 Å². The molecule has 0 aliphatic heterocycles. The monoisotopic (exact) mass is 454 g/mol. The number of amides is 1. The second-order valence-electron chi connectivity index (χ2n) is 7.19. The number of pyridine rings is 1. The molecule has 8 nitrogen and oxygen atoms in total. The molecule has 1 amide bonds. The van der Waals surface area contributed by atoms with Gasteiger partial charge < -0.3 is 15.0 Å². The van der Waals surface area contributed by atoms with Crippen LogP contribution in [0.25, 0.3) is 0 Å². The molecule has 1 aromatic heterocycles. The van der Waals surface area contributed by atoms with Crippen LogP contribution in [0.5, 0.6) is 5.75 Å². The number of rotatable bonds is 9. The minimum atomic E-state index is -3.86. The first-order valence-electron chi connectivity index (χ1n) is 10.0. The van der Waals surface area contributed by atoms with E-state index in [-0.39, 0.29) is 16.4 Å². The fourth-order valence-electron chi connectivity index (χ4n) is 2.90. The van der Waals surface area contributed by atoms with E-state index in [2.05, 4.69) is 15.0 Å². The predicted molar refractivity (Wildman–Crippen MR) is 125 cm³/mol.